The molecule has 2 heterocycles. The van der Waals surface area contributed by atoms with Crippen molar-refractivity contribution in [1.82, 2.24) is 4.98 Å². The summed E-state index contributed by atoms with van der Waals surface area (Å²) >= 11 is 1.59. The Hall–Kier alpha value is -1.57. The summed E-state index contributed by atoms with van der Waals surface area (Å²) in [5.41, 5.74) is 0.644. The van der Waals surface area contributed by atoms with Crippen molar-refractivity contribution in [3.63, 3.8) is 0 Å². The van der Waals surface area contributed by atoms with E-state index in [9.17, 15) is 19.8 Å². The number of fused-ring (bicyclic) bond motifs is 1. The molecular weight excluding hydrogens is 462 g/mol. The van der Waals surface area contributed by atoms with Gasteiger partial charge in [-0.2, -0.15) is 0 Å². The number of cyclic esters (lactones) is 1. The molecule has 196 valence electrons. The average Bonchev–Trinajstić information content (AvgIpc) is 3.20. The first-order valence-corrected chi connectivity index (χ1v) is 14.0. The fourth-order valence-corrected chi connectivity index (χ4v) is 6.16. The third-order valence-electron chi connectivity index (χ3n) is 8.46. The molecule has 1 unspecified atom stereocenters. The van der Waals surface area contributed by atoms with Gasteiger partial charge in [-0.3, -0.25) is 9.59 Å². The number of carbonyl (C=O) groups is 2. The lowest BCUT2D eigenvalue weighted by molar-refractivity contribution is -0.155. The quantitative estimate of drug-likeness (QED) is 0.526. The second-order valence-electron chi connectivity index (χ2n) is 11.5. The molecule has 0 aromatic carbocycles. The molecule has 0 radical (unpaired) electrons. The summed E-state index contributed by atoms with van der Waals surface area (Å²) in [5, 5.41) is 24.7. The Morgan fingerprint density at radius 3 is 2.43 bits per heavy atom. The van der Waals surface area contributed by atoms with Crippen molar-refractivity contribution >= 4 is 29.2 Å². The van der Waals surface area contributed by atoms with Crippen LogP contribution in [0.25, 0.3) is 6.08 Å². The first-order valence-electron chi connectivity index (χ1n) is 13.1. The van der Waals surface area contributed by atoms with Crippen LogP contribution in [0.4, 0.5) is 0 Å². The van der Waals surface area contributed by atoms with E-state index in [1.54, 1.807) is 32.1 Å². The van der Waals surface area contributed by atoms with E-state index in [0.29, 0.717) is 11.8 Å². The van der Waals surface area contributed by atoms with E-state index in [4.69, 9.17) is 4.74 Å². The van der Waals surface area contributed by atoms with Crippen molar-refractivity contribution < 1.29 is 24.5 Å². The summed E-state index contributed by atoms with van der Waals surface area (Å²) in [4.78, 5) is 30.7. The van der Waals surface area contributed by atoms with Crippen molar-refractivity contribution in [1.29, 1.82) is 0 Å². The van der Waals surface area contributed by atoms with Crippen LogP contribution in [0.1, 0.15) is 90.3 Å². The Balaban J connectivity index is 1.84. The molecular formula is C28H43NO5S. The van der Waals surface area contributed by atoms with Crippen LogP contribution in [0.3, 0.4) is 0 Å². The lowest BCUT2D eigenvalue weighted by Crippen LogP contribution is -2.46. The molecule has 2 aliphatic rings. The minimum Gasteiger partial charge on any atom is -0.458 e. The number of carbonyl (C=O) groups excluding carboxylic acids is 2. The highest BCUT2D eigenvalue weighted by Crippen LogP contribution is 2.43. The number of Topliss-reactive ketones (excluding diaryl/α,β-unsaturated/α-hetero) is 1. The number of esters is 1. The molecule has 6 nitrogen and oxygen atoms in total. The van der Waals surface area contributed by atoms with Crippen LogP contribution in [0, 0.1) is 36.0 Å². The second-order valence-corrected chi connectivity index (χ2v) is 12.5. The van der Waals surface area contributed by atoms with Gasteiger partial charge in [-0.1, -0.05) is 40.5 Å². The fourth-order valence-electron chi connectivity index (χ4n) is 5.59. The number of thiazole rings is 1. The second kappa shape index (κ2) is 11.7. The van der Waals surface area contributed by atoms with E-state index in [2.05, 4.69) is 4.98 Å². The molecule has 0 amide bonds. The van der Waals surface area contributed by atoms with Crippen molar-refractivity contribution in [3.8, 4) is 0 Å². The number of rotatable bonds is 2. The largest absolute Gasteiger partial charge is 0.458 e. The lowest BCUT2D eigenvalue weighted by Gasteiger charge is -2.40. The number of aryl methyl sites for hydroxylation is 1. The van der Waals surface area contributed by atoms with Crippen molar-refractivity contribution in [2.24, 2.45) is 29.1 Å². The van der Waals surface area contributed by atoms with Crippen LogP contribution in [-0.4, -0.2) is 45.3 Å². The molecule has 1 aromatic heterocycles. The lowest BCUT2D eigenvalue weighted by atomic mass is 9.68. The molecule has 2 N–H and O–H groups in total. The minimum absolute atomic E-state index is 0.00205. The normalized spacial score (nSPS) is 35.7. The smallest absolute Gasteiger partial charge is 0.309 e. The third kappa shape index (κ3) is 6.80. The topological polar surface area (TPSA) is 96.7 Å². The maximum absolute atomic E-state index is 13.2. The molecule has 2 fully saturated rings. The highest BCUT2D eigenvalue weighted by Gasteiger charge is 2.43. The molecule has 3 rings (SSSR count). The summed E-state index contributed by atoms with van der Waals surface area (Å²) < 4.78 is 5.96. The maximum atomic E-state index is 13.2. The van der Waals surface area contributed by atoms with Gasteiger partial charge in [0, 0.05) is 11.3 Å². The summed E-state index contributed by atoms with van der Waals surface area (Å²) in [6, 6.07) is 0. The van der Waals surface area contributed by atoms with E-state index in [0.717, 1.165) is 48.4 Å². The van der Waals surface area contributed by atoms with E-state index >= 15 is 0 Å². The van der Waals surface area contributed by atoms with E-state index in [1.807, 2.05) is 32.2 Å². The molecule has 35 heavy (non-hydrogen) atoms. The monoisotopic (exact) mass is 505 g/mol. The van der Waals surface area contributed by atoms with Gasteiger partial charge >= 0.3 is 5.97 Å². The predicted molar refractivity (Wildman–Crippen MR) is 139 cm³/mol. The zero-order chi connectivity index (χ0) is 25.9. The van der Waals surface area contributed by atoms with Crippen LogP contribution in [0.15, 0.2) is 11.0 Å². The molecule has 1 saturated heterocycles. The molecule has 1 aliphatic carbocycles. The SMILES string of the molecule is C/C(=C\c1csc(C)n1)C1C[C@@H]2CC[C@@H]2CCC[C@H](C)[C@H](O)[C@@H](C)C(=O)C(C)(C)[C@@H](O)CC(=O)O1. The van der Waals surface area contributed by atoms with Gasteiger partial charge in [0.25, 0.3) is 0 Å². The number of hydrogen-bond acceptors (Lipinski definition) is 7. The minimum atomic E-state index is -1.19. The van der Waals surface area contributed by atoms with Crippen molar-refractivity contribution in [2.75, 3.05) is 0 Å². The number of nitrogens with zero attached hydrogens (tertiary/aromatic N) is 1. The molecule has 1 saturated carbocycles. The van der Waals surface area contributed by atoms with Gasteiger partial charge in [0.05, 0.1) is 34.7 Å². The number of hydrogen-bond donors (Lipinski definition) is 2. The first-order chi connectivity index (χ1) is 16.4. The Morgan fingerprint density at radius 2 is 1.83 bits per heavy atom. The predicted octanol–water partition coefficient (Wildman–Crippen LogP) is 5.35. The van der Waals surface area contributed by atoms with Crippen molar-refractivity contribution in [2.45, 2.75) is 105 Å². The number of aromatic nitrogens is 1. The number of aliphatic hydroxyl groups excluding tert-OH is 2. The Morgan fingerprint density at radius 1 is 1.14 bits per heavy atom. The van der Waals surface area contributed by atoms with Crippen LogP contribution in [-0.2, 0) is 14.3 Å². The Labute approximate surface area is 214 Å². The molecule has 7 heteroatoms. The highest BCUT2D eigenvalue weighted by atomic mass is 32.1. The summed E-state index contributed by atoms with van der Waals surface area (Å²) in [6.07, 6.45) is 5.41. The van der Waals surface area contributed by atoms with Gasteiger partial charge in [-0.05, 0) is 68.9 Å². The van der Waals surface area contributed by atoms with Crippen molar-refractivity contribution in [3.05, 3.63) is 21.7 Å². The first kappa shape index (κ1) is 28.0. The Bertz CT molecular complexity index is 922. The summed E-state index contributed by atoms with van der Waals surface area (Å²) in [6.45, 7) is 11.0. The van der Waals surface area contributed by atoms with Gasteiger partial charge in [0.2, 0.25) is 0 Å². The fraction of sp³-hybridized carbons (Fsp3) is 0.750. The average molecular weight is 506 g/mol. The molecule has 0 spiro atoms. The van der Waals surface area contributed by atoms with Gasteiger partial charge in [-0.25, -0.2) is 4.98 Å². The zero-order valence-electron chi connectivity index (χ0n) is 22.1. The van der Waals surface area contributed by atoms with Crippen LogP contribution in [0.2, 0.25) is 0 Å². The van der Waals surface area contributed by atoms with Gasteiger partial charge in [-0.15, -0.1) is 11.3 Å². The maximum Gasteiger partial charge on any atom is 0.309 e. The number of ketones is 1. The van der Waals surface area contributed by atoms with Gasteiger partial charge < -0.3 is 14.9 Å². The van der Waals surface area contributed by atoms with Gasteiger partial charge in [0.1, 0.15) is 11.9 Å². The van der Waals surface area contributed by atoms with E-state index in [-0.39, 0.29) is 24.2 Å². The zero-order valence-corrected chi connectivity index (χ0v) is 22.9. The molecule has 1 aliphatic heterocycles. The highest BCUT2D eigenvalue weighted by molar-refractivity contribution is 7.09. The Kier molecular flexibility index (Phi) is 9.33. The number of ether oxygens (including phenoxy) is 1. The summed E-state index contributed by atoms with van der Waals surface area (Å²) in [5.74, 6) is -0.271. The van der Waals surface area contributed by atoms with E-state index < -0.39 is 29.5 Å². The van der Waals surface area contributed by atoms with Crippen LogP contribution < -0.4 is 0 Å². The van der Waals surface area contributed by atoms with Gasteiger partial charge in [0.15, 0.2) is 0 Å². The van der Waals surface area contributed by atoms with E-state index in [1.165, 1.54) is 6.42 Å². The standard InChI is InChI=1S/C28H43NO5S/c1-16-8-7-9-20-10-11-21(20)13-23(17(2)12-22-15-35-19(4)29-22)34-25(31)14-24(30)28(5,6)27(33)18(3)26(16)32/h12,15-16,18,20-21,23-24,26,30,32H,7-11,13-14H2,1-6H3/b17-12+/t16-,18+,20-,21-,23?,24-,26-/m0/s1. The molecule has 7 atom stereocenters. The third-order valence-corrected chi connectivity index (χ3v) is 9.25. The summed E-state index contributed by atoms with van der Waals surface area (Å²) in [7, 11) is 0. The number of aliphatic hydroxyl groups is 2. The molecule has 1 aromatic rings. The molecule has 0 bridgehead atoms. The van der Waals surface area contributed by atoms with Crippen LogP contribution >= 0.6 is 11.3 Å². The van der Waals surface area contributed by atoms with Crippen LogP contribution in [0.5, 0.6) is 0 Å².